The lowest BCUT2D eigenvalue weighted by atomic mass is 10.6. The molecule has 0 aliphatic carbocycles. The van der Waals surface area contributed by atoms with Gasteiger partial charge >= 0.3 is 0 Å². The molecule has 5 heteroatoms. The van der Waals surface area contributed by atoms with Gasteiger partial charge in [-0.1, -0.05) is 6.58 Å². The second-order valence-electron chi connectivity index (χ2n) is 1.09. The SMILES string of the molecule is C=CC(=O)NC=S(=O)=O. The van der Waals surface area contributed by atoms with Crippen molar-refractivity contribution in [2.45, 2.75) is 0 Å². The molecule has 0 aromatic rings. The van der Waals surface area contributed by atoms with Crippen LogP contribution in [0.5, 0.6) is 0 Å². The molecule has 0 unspecified atom stereocenters. The molecule has 0 heterocycles. The minimum absolute atomic E-state index is 0.542. The van der Waals surface area contributed by atoms with Gasteiger partial charge in [0.25, 0.3) is 0 Å². The lowest BCUT2D eigenvalue weighted by Crippen LogP contribution is -2.18. The lowest BCUT2D eigenvalue weighted by Gasteiger charge is -1.83. The van der Waals surface area contributed by atoms with Crippen LogP contribution in [0.25, 0.3) is 0 Å². The van der Waals surface area contributed by atoms with Crippen molar-refractivity contribution in [1.82, 2.24) is 5.32 Å². The predicted molar refractivity (Wildman–Crippen MR) is 33.3 cm³/mol. The second-order valence-corrected chi connectivity index (χ2v) is 1.85. The quantitative estimate of drug-likeness (QED) is 0.399. The Bertz CT molecular complexity index is 231. The highest BCUT2D eigenvalue weighted by molar-refractivity contribution is 7.71. The number of hydrogen-bond acceptors (Lipinski definition) is 3. The summed E-state index contributed by atoms with van der Waals surface area (Å²) in [6.45, 7) is 3.11. The van der Waals surface area contributed by atoms with E-state index in [1.165, 1.54) is 0 Å². The Labute approximate surface area is 53.7 Å². The molecule has 0 bridgehead atoms. The highest BCUT2D eigenvalue weighted by Crippen LogP contribution is 1.58. The number of rotatable bonds is 2. The number of amides is 1. The summed E-state index contributed by atoms with van der Waals surface area (Å²) in [5.41, 5.74) is 0.643. The van der Waals surface area contributed by atoms with Gasteiger partial charge in [0.2, 0.25) is 16.2 Å². The van der Waals surface area contributed by atoms with Crippen LogP contribution in [0, 0.1) is 0 Å². The average Bonchev–Trinajstić information content (AvgIpc) is 1.83. The molecule has 1 amide bonds. The van der Waals surface area contributed by atoms with E-state index in [1.807, 2.05) is 5.32 Å². The normalized spacial score (nSPS) is 7.56. The second kappa shape index (κ2) is 3.85. The van der Waals surface area contributed by atoms with Crippen LogP contribution in [0.4, 0.5) is 0 Å². The molecule has 1 N–H and O–H groups in total. The summed E-state index contributed by atoms with van der Waals surface area (Å²) in [6, 6.07) is 0. The molecule has 9 heavy (non-hydrogen) atoms. The maximum absolute atomic E-state index is 10.2. The zero-order valence-electron chi connectivity index (χ0n) is 4.49. The van der Waals surface area contributed by atoms with Crippen LogP contribution in [-0.4, -0.2) is 19.8 Å². The maximum Gasteiger partial charge on any atom is 0.248 e. The minimum atomic E-state index is -2.34. The van der Waals surface area contributed by atoms with Crippen molar-refractivity contribution in [3.05, 3.63) is 12.7 Å². The Hall–Kier alpha value is -1.10. The van der Waals surface area contributed by atoms with Gasteiger partial charge in [-0.25, -0.2) is 0 Å². The number of nitrogens with one attached hydrogen (secondary N) is 1. The fraction of sp³-hybridized carbons (Fsp3) is 0. The van der Waals surface area contributed by atoms with Gasteiger partial charge in [-0.15, -0.1) is 0 Å². The Kier molecular flexibility index (Phi) is 3.38. The van der Waals surface area contributed by atoms with Crippen molar-refractivity contribution in [2.24, 2.45) is 0 Å². The summed E-state index contributed by atoms with van der Waals surface area (Å²) >= 11 is 0. The van der Waals surface area contributed by atoms with Gasteiger partial charge in [0.05, 0.1) is 0 Å². The molecule has 0 aromatic carbocycles. The summed E-state index contributed by atoms with van der Waals surface area (Å²) in [5, 5.41) is 1.94. The first-order chi connectivity index (χ1) is 4.16. The fourth-order valence-corrected chi connectivity index (χ4v) is 0.377. The van der Waals surface area contributed by atoms with Crippen molar-refractivity contribution >= 4 is 21.7 Å². The molecule has 0 saturated heterocycles. The molecule has 4 nitrogen and oxygen atoms in total. The summed E-state index contributed by atoms with van der Waals surface area (Å²) in [4.78, 5) is 10.2. The van der Waals surface area contributed by atoms with E-state index >= 15 is 0 Å². The molecule has 0 spiro atoms. The Morgan fingerprint density at radius 1 is 1.56 bits per heavy atom. The summed E-state index contributed by atoms with van der Waals surface area (Å²) in [5.74, 6) is -0.542. The van der Waals surface area contributed by atoms with Gasteiger partial charge in [0, 0.05) is 0 Å². The van der Waals surface area contributed by atoms with E-state index in [0.717, 1.165) is 6.08 Å². The smallest absolute Gasteiger partial charge is 0.248 e. The number of hydrogen-bond donors (Lipinski definition) is 1. The van der Waals surface area contributed by atoms with Crippen molar-refractivity contribution in [3.63, 3.8) is 0 Å². The Balaban J connectivity index is 3.92. The highest BCUT2D eigenvalue weighted by atomic mass is 32.2. The van der Waals surface area contributed by atoms with E-state index in [-0.39, 0.29) is 0 Å². The van der Waals surface area contributed by atoms with Gasteiger partial charge in [0.1, 0.15) is 5.49 Å². The molecule has 0 saturated carbocycles. The molecule has 0 aromatic heterocycles. The van der Waals surface area contributed by atoms with E-state index in [4.69, 9.17) is 0 Å². The van der Waals surface area contributed by atoms with Crippen LogP contribution in [-0.2, 0) is 15.1 Å². The van der Waals surface area contributed by atoms with E-state index in [2.05, 4.69) is 6.58 Å². The molecular formula is C4H5NO3S. The molecule has 0 atom stereocenters. The molecule has 0 rings (SSSR count). The van der Waals surface area contributed by atoms with E-state index in [9.17, 15) is 13.2 Å². The summed E-state index contributed by atoms with van der Waals surface area (Å²) < 4.78 is 19.4. The van der Waals surface area contributed by atoms with Crippen LogP contribution >= 0.6 is 0 Å². The molecule has 50 valence electrons. The predicted octanol–water partition coefficient (Wildman–Crippen LogP) is -1.07. The monoisotopic (exact) mass is 147 g/mol. The van der Waals surface area contributed by atoms with Gasteiger partial charge in [0.15, 0.2) is 0 Å². The summed E-state index contributed by atoms with van der Waals surface area (Å²) in [7, 11) is -2.34. The zero-order valence-corrected chi connectivity index (χ0v) is 5.31. The molecule has 0 radical (unpaired) electrons. The van der Waals surface area contributed by atoms with Crippen LogP contribution in [0.3, 0.4) is 0 Å². The van der Waals surface area contributed by atoms with Crippen LogP contribution in [0.2, 0.25) is 0 Å². The number of carbonyl (C=O) groups is 1. The van der Waals surface area contributed by atoms with Crippen LogP contribution in [0.1, 0.15) is 0 Å². The first-order valence-corrected chi connectivity index (χ1v) is 3.15. The average molecular weight is 147 g/mol. The van der Waals surface area contributed by atoms with E-state index < -0.39 is 16.2 Å². The Morgan fingerprint density at radius 3 is 2.44 bits per heavy atom. The van der Waals surface area contributed by atoms with Crippen molar-refractivity contribution < 1.29 is 13.2 Å². The van der Waals surface area contributed by atoms with Crippen LogP contribution in [0.15, 0.2) is 12.7 Å². The highest BCUT2D eigenvalue weighted by Gasteiger charge is 1.85. The van der Waals surface area contributed by atoms with Crippen molar-refractivity contribution in [1.29, 1.82) is 0 Å². The van der Waals surface area contributed by atoms with Crippen LogP contribution < -0.4 is 5.32 Å². The number of carbonyl (C=O) groups excluding carboxylic acids is 1. The first-order valence-electron chi connectivity index (χ1n) is 2.01. The molecule has 0 fully saturated rings. The van der Waals surface area contributed by atoms with Gasteiger partial charge in [-0.05, 0) is 6.08 Å². The van der Waals surface area contributed by atoms with Crippen molar-refractivity contribution in [3.8, 4) is 0 Å². The van der Waals surface area contributed by atoms with E-state index in [0.29, 0.717) is 5.49 Å². The minimum Gasteiger partial charge on any atom is -0.316 e. The lowest BCUT2D eigenvalue weighted by molar-refractivity contribution is -0.115. The van der Waals surface area contributed by atoms with E-state index in [1.54, 1.807) is 0 Å². The van der Waals surface area contributed by atoms with Gasteiger partial charge < -0.3 is 5.32 Å². The summed E-state index contributed by atoms with van der Waals surface area (Å²) in [6.07, 6.45) is 0.976. The molecule has 0 aliphatic heterocycles. The van der Waals surface area contributed by atoms with Gasteiger partial charge in [-0.3, -0.25) is 4.79 Å². The molecular weight excluding hydrogens is 142 g/mol. The third-order valence-corrected chi connectivity index (χ3v) is 0.793. The maximum atomic E-state index is 10.2. The third kappa shape index (κ3) is 4.76. The largest absolute Gasteiger partial charge is 0.316 e. The zero-order chi connectivity index (χ0) is 7.28. The fourth-order valence-electron chi connectivity index (χ4n) is 0.165. The topological polar surface area (TPSA) is 63.2 Å². The standard InChI is InChI=1S/C4H5NO3S/c1-2-4(6)5-3-9(7)8/h2-3H,1H2,(H,5,6). The Morgan fingerprint density at radius 2 is 2.11 bits per heavy atom. The van der Waals surface area contributed by atoms with Crippen molar-refractivity contribution in [2.75, 3.05) is 0 Å². The molecule has 0 aliphatic rings. The third-order valence-electron chi connectivity index (χ3n) is 0.483. The van der Waals surface area contributed by atoms with Gasteiger partial charge in [-0.2, -0.15) is 8.42 Å². The first kappa shape index (κ1) is 7.90.